The first-order chi connectivity index (χ1) is 10.0. The fourth-order valence-electron chi connectivity index (χ4n) is 1.33. The van der Waals surface area contributed by atoms with Crippen LogP contribution < -0.4 is 5.32 Å². The van der Waals surface area contributed by atoms with Crippen LogP contribution in [0.1, 0.15) is 20.8 Å². The lowest BCUT2D eigenvalue weighted by Crippen LogP contribution is -2.48. The second-order valence-electron chi connectivity index (χ2n) is 3.68. The number of carbonyl (C=O) groups excluding carboxylic acids is 3. The third kappa shape index (κ3) is 6.51. The van der Waals surface area contributed by atoms with Crippen molar-refractivity contribution >= 4 is 24.6 Å². The van der Waals surface area contributed by atoms with Gasteiger partial charge in [0.2, 0.25) is 6.04 Å². The smallest absolute Gasteiger partial charge is 0.340 e. The summed E-state index contributed by atoms with van der Waals surface area (Å²) in [6.07, 6.45) is 4.29. The molecule has 0 saturated carbocycles. The average molecular weight is 296 g/mol. The maximum absolute atomic E-state index is 12.0. The summed E-state index contributed by atoms with van der Waals surface area (Å²) in [6.45, 7) is 8.30. The third-order valence-corrected chi connectivity index (χ3v) is 2.16. The molecule has 0 rings (SSSR count). The van der Waals surface area contributed by atoms with Crippen LogP contribution >= 0.6 is 0 Å². The Bertz CT molecular complexity index is 436. The summed E-state index contributed by atoms with van der Waals surface area (Å²) < 4.78 is 9.49. The van der Waals surface area contributed by atoms with Crippen LogP contribution in [0.3, 0.4) is 0 Å². The van der Waals surface area contributed by atoms with Gasteiger partial charge in [-0.3, -0.25) is 9.79 Å². The van der Waals surface area contributed by atoms with Crippen LogP contribution in [-0.4, -0.2) is 43.8 Å². The minimum absolute atomic E-state index is 0.0797. The molecule has 0 fully saturated rings. The molecule has 0 saturated heterocycles. The first-order valence-electron chi connectivity index (χ1n) is 6.44. The van der Waals surface area contributed by atoms with Gasteiger partial charge in [-0.15, -0.1) is 0 Å². The molecule has 7 nitrogen and oxygen atoms in total. The molecule has 0 bridgehead atoms. The van der Waals surface area contributed by atoms with Gasteiger partial charge in [-0.05, 0) is 27.5 Å². The van der Waals surface area contributed by atoms with E-state index in [-0.39, 0.29) is 18.8 Å². The Morgan fingerprint density at radius 3 is 2.10 bits per heavy atom. The SMILES string of the molecule is C=N/C=C(\C=C/C)C(=O)NC(C(=O)OCC)C(=O)OCC. The summed E-state index contributed by atoms with van der Waals surface area (Å²) in [5.41, 5.74) is 0.145. The molecule has 0 aliphatic heterocycles. The van der Waals surface area contributed by atoms with Gasteiger partial charge in [0.15, 0.2) is 0 Å². The van der Waals surface area contributed by atoms with Crippen LogP contribution in [0.15, 0.2) is 28.9 Å². The van der Waals surface area contributed by atoms with Crippen molar-refractivity contribution in [2.75, 3.05) is 13.2 Å². The predicted octanol–water partition coefficient (Wildman–Crippen LogP) is 0.758. The first-order valence-corrected chi connectivity index (χ1v) is 6.44. The fourth-order valence-corrected chi connectivity index (χ4v) is 1.33. The summed E-state index contributed by atoms with van der Waals surface area (Å²) in [7, 11) is 0. The van der Waals surface area contributed by atoms with Gasteiger partial charge in [-0.2, -0.15) is 0 Å². The summed E-state index contributed by atoms with van der Waals surface area (Å²) >= 11 is 0. The highest BCUT2D eigenvalue weighted by atomic mass is 16.6. The zero-order valence-electron chi connectivity index (χ0n) is 12.4. The van der Waals surface area contributed by atoms with E-state index in [9.17, 15) is 14.4 Å². The van der Waals surface area contributed by atoms with Crippen LogP contribution in [-0.2, 0) is 23.9 Å². The van der Waals surface area contributed by atoms with Gasteiger partial charge in [0, 0.05) is 6.20 Å². The molecule has 0 atom stereocenters. The van der Waals surface area contributed by atoms with Crippen molar-refractivity contribution < 1.29 is 23.9 Å². The molecule has 0 spiro atoms. The third-order valence-electron chi connectivity index (χ3n) is 2.16. The highest BCUT2D eigenvalue weighted by Crippen LogP contribution is 2.02. The van der Waals surface area contributed by atoms with E-state index in [4.69, 9.17) is 9.47 Å². The van der Waals surface area contributed by atoms with Crippen LogP contribution in [0.25, 0.3) is 0 Å². The van der Waals surface area contributed by atoms with Gasteiger partial charge in [-0.25, -0.2) is 9.59 Å². The van der Waals surface area contributed by atoms with Gasteiger partial charge in [-0.1, -0.05) is 12.2 Å². The molecule has 0 unspecified atom stereocenters. The quantitative estimate of drug-likeness (QED) is 0.235. The lowest BCUT2D eigenvalue weighted by Gasteiger charge is -2.16. The highest BCUT2D eigenvalue weighted by Gasteiger charge is 2.31. The average Bonchev–Trinajstić information content (AvgIpc) is 2.44. The molecular weight excluding hydrogens is 276 g/mol. The number of carbonyl (C=O) groups is 3. The van der Waals surface area contributed by atoms with Crippen LogP contribution in [0, 0.1) is 0 Å². The molecule has 0 aromatic heterocycles. The Morgan fingerprint density at radius 1 is 1.19 bits per heavy atom. The van der Waals surface area contributed by atoms with Gasteiger partial charge >= 0.3 is 11.9 Å². The fraction of sp³-hybridized carbons (Fsp3) is 0.429. The molecule has 116 valence electrons. The van der Waals surface area contributed by atoms with E-state index in [1.807, 2.05) is 0 Å². The molecule has 7 heteroatoms. The largest absolute Gasteiger partial charge is 0.464 e. The Balaban J connectivity index is 5.15. The Morgan fingerprint density at radius 2 is 1.71 bits per heavy atom. The molecule has 1 amide bonds. The normalized spacial score (nSPS) is 11.3. The van der Waals surface area contributed by atoms with Crippen molar-refractivity contribution in [2.45, 2.75) is 26.8 Å². The van der Waals surface area contributed by atoms with Crippen LogP contribution in [0.4, 0.5) is 0 Å². The minimum atomic E-state index is -1.52. The van der Waals surface area contributed by atoms with E-state index in [1.165, 1.54) is 12.3 Å². The zero-order chi connectivity index (χ0) is 16.3. The molecule has 0 aromatic rings. The minimum Gasteiger partial charge on any atom is -0.464 e. The number of amides is 1. The summed E-state index contributed by atoms with van der Waals surface area (Å²) in [6, 6.07) is -1.52. The topological polar surface area (TPSA) is 94.1 Å². The Labute approximate surface area is 123 Å². The van der Waals surface area contributed by atoms with E-state index < -0.39 is 23.9 Å². The van der Waals surface area contributed by atoms with E-state index in [1.54, 1.807) is 26.8 Å². The number of ether oxygens (including phenoxy) is 2. The van der Waals surface area contributed by atoms with Crippen molar-refractivity contribution in [3.8, 4) is 0 Å². The maximum atomic E-state index is 12.0. The lowest BCUT2D eigenvalue weighted by atomic mass is 10.2. The van der Waals surface area contributed by atoms with E-state index in [0.717, 1.165) is 0 Å². The zero-order valence-corrected chi connectivity index (χ0v) is 12.4. The van der Waals surface area contributed by atoms with E-state index >= 15 is 0 Å². The summed E-state index contributed by atoms with van der Waals surface area (Å²) in [4.78, 5) is 39.0. The lowest BCUT2D eigenvalue weighted by molar-refractivity contribution is -0.159. The monoisotopic (exact) mass is 296 g/mol. The Hall–Kier alpha value is -2.44. The van der Waals surface area contributed by atoms with Crippen molar-refractivity contribution in [3.63, 3.8) is 0 Å². The number of aliphatic imine (C=N–C) groups is 1. The van der Waals surface area contributed by atoms with Crippen LogP contribution in [0.5, 0.6) is 0 Å². The number of rotatable bonds is 8. The number of allylic oxidation sites excluding steroid dienone is 1. The highest BCUT2D eigenvalue weighted by molar-refractivity contribution is 6.06. The summed E-state index contributed by atoms with van der Waals surface area (Å²) in [5, 5.41) is 2.26. The van der Waals surface area contributed by atoms with Gasteiger partial charge in [0.25, 0.3) is 5.91 Å². The second kappa shape index (κ2) is 10.4. The Kier molecular flexibility index (Phi) is 9.16. The second-order valence-corrected chi connectivity index (χ2v) is 3.68. The van der Waals surface area contributed by atoms with Crippen LogP contribution in [0.2, 0.25) is 0 Å². The first kappa shape index (κ1) is 18.6. The molecule has 0 aliphatic carbocycles. The van der Waals surface area contributed by atoms with Crippen molar-refractivity contribution in [1.82, 2.24) is 5.32 Å². The predicted molar refractivity (Wildman–Crippen MR) is 77.6 cm³/mol. The molecule has 0 heterocycles. The number of esters is 2. The molecule has 0 radical (unpaired) electrons. The number of hydrogen-bond acceptors (Lipinski definition) is 6. The van der Waals surface area contributed by atoms with E-state index in [2.05, 4.69) is 17.0 Å². The maximum Gasteiger partial charge on any atom is 0.340 e. The number of hydrogen-bond donors (Lipinski definition) is 1. The van der Waals surface area contributed by atoms with Crippen molar-refractivity contribution in [2.24, 2.45) is 4.99 Å². The molecule has 1 N–H and O–H groups in total. The summed E-state index contributed by atoms with van der Waals surface area (Å²) in [5.74, 6) is -2.42. The molecule has 0 aromatic carbocycles. The number of nitrogens with zero attached hydrogens (tertiary/aromatic N) is 1. The molecule has 0 aliphatic rings. The van der Waals surface area contributed by atoms with Crippen molar-refractivity contribution in [1.29, 1.82) is 0 Å². The molecule has 21 heavy (non-hydrogen) atoms. The van der Waals surface area contributed by atoms with E-state index in [0.29, 0.717) is 0 Å². The number of nitrogens with one attached hydrogen (secondary N) is 1. The molecular formula is C14H20N2O5. The standard InChI is InChI=1S/C14H20N2O5/c1-5-8-10(9-15-4)12(17)16-11(13(18)20-6-2)14(19)21-7-3/h5,8-9,11H,4,6-7H2,1-3H3,(H,16,17)/b8-5-,10-9+. The van der Waals surface area contributed by atoms with Gasteiger partial charge < -0.3 is 14.8 Å². The van der Waals surface area contributed by atoms with Gasteiger partial charge in [0.1, 0.15) is 0 Å². The van der Waals surface area contributed by atoms with Gasteiger partial charge in [0.05, 0.1) is 18.8 Å². The van der Waals surface area contributed by atoms with Crippen molar-refractivity contribution in [3.05, 3.63) is 23.9 Å².